The molecule has 2 atom stereocenters. The van der Waals surface area contributed by atoms with Gasteiger partial charge >= 0.3 is 0 Å². The summed E-state index contributed by atoms with van der Waals surface area (Å²) >= 11 is 0. The van der Waals surface area contributed by atoms with Crippen LogP contribution in [-0.2, 0) is 12.8 Å². The van der Waals surface area contributed by atoms with Crippen LogP contribution in [0.1, 0.15) is 18.1 Å². The molecule has 0 radical (unpaired) electrons. The maximum atomic E-state index is 9.17. The Bertz CT molecular complexity index is 378. The number of anilines is 1. The number of benzene rings is 1. The van der Waals surface area contributed by atoms with E-state index < -0.39 is 0 Å². The minimum atomic E-state index is -0.165. The second-order valence-electron chi connectivity index (χ2n) is 4.51. The Morgan fingerprint density at radius 3 is 2.94 bits per heavy atom. The SMILES string of the molecule is CCc1cccc2c1N(C)C(C(N)CO)C2. The first-order chi connectivity index (χ1) is 7.69. The number of rotatable bonds is 3. The zero-order valence-corrected chi connectivity index (χ0v) is 9.98. The molecule has 0 aliphatic carbocycles. The van der Waals surface area contributed by atoms with Gasteiger partial charge in [0.25, 0.3) is 0 Å². The second-order valence-corrected chi connectivity index (χ2v) is 4.51. The molecule has 0 spiro atoms. The van der Waals surface area contributed by atoms with Gasteiger partial charge in [0.05, 0.1) is 12.6 Å². The van der Waals surface area contributed by atoms with Gasteiger partial charge in [-0.15, -0.1) is 0 Å². The van der Waals surface area contributed by atoms with Gasteiger partial charge in [0.1, 0.15) is 0 Å². The van der Waals surface area contributed by atoms with Crippen molar-refractivity contribution in [3.63, 3.8) is 0 Å². The molecule has 1 aromatic rings. The van der Waals surface area contributed by atoms with Crippen molar-refractivity contribution in [3.8, 4) is 0 Å². The number of aliphatic hydroxyl groups is 1. The molecule has 2 unspecified atom stereocenters. The van der Waals surface area contributed by atoms with Crippen LogP contribution >= 0.6 is 0 Å². The summed E-state index contributed by atoms with van der Waals surface area (Å²) in [7, 11) is 2.07. The lowest BCUT2D eigenvalue weighted by Gasteiger charge is -2.28. The number of nitrogens with two attached hydrogens (primary N) is 1. The first-order valence-electron chi connectivity index (χ1n) is 5.89. The fourth-order valence-corrected chi connectivity index (χ4v) is 2.64. The average Bonchev–Trinajstić information content (AvgIpc) is 2.66. The molecule has 1 aliphatic heterocycles. The third-order valence-electron chi connectivity index (χ3n) is 3.57. The lowest BCUT2D eigenvalue weighted by Crippen LogP contribution is -2.46. The molecule has 3 nitrogen and oxygen atoms in total. The molecule has 16 heavy (non-hydrogen) atoms. The Kier molecular flexibility index (Phi) is 3.17. The molecular formula is C13H20N2O. The molecule has 1 heterocycles. The van der Waals surface area contributed by atoms with E-state index in [2.05, 4.69) is 37.1 Å². The minimum absolute atomic E-state index is 0.0461. The fraction of sp³-hybridized carbons (Fsp3) is 0.538. The molecular weight excluding hydrogens is 200 g/mol. The summed E-state index contributed by atoms with van der Waals surface area (Å²) in [4.78, 5) is 2.23. The van der Waals surface area contributed by atoms with Crippen LogP contribution in [0.3, 0.4) is 0 Å². The Labute approximate surface area is 96.9 Å². The van der Waals surface area contributed by atoms with Gasteiger partial charge in [0.15, 0.2) is 0 Å². The highest BCUT2D eigenvalue weighted by molar-refractivity contribution is 5.64. The topological polar surface area (TPSA) is 49.5 Å². The smallest absolute Gasteiger partial charge is 0.0602 e. The third-order valence-corrected chi connectivity index (χ3v) is 3.57. The number of nitrogens with zero attached hydrogens (tertiary/aromatic N) is 1. The van der Waals surface area contributed by atoms with E-state index in [-0.39, 0.29) is 18.7 Å². The van der Waals surface area contributed by atoms with Crippen molar-refractivity contribution < 1.29 is 5.11 Å². The largest absolute Gasteiger partial charge is 0.395 e. The van der Waals surface area contributed by atoms with Crippen molar-refractivity contribution in [2.45, 2.75) is 31.8 Å². The van der Waals surface area contributed by atoms with Gasteiger partial charge in [-0.1, -0.05) is 25.1 Å². The van der Waals surface area contributed by atoms with Crippen molar-refractivity contribution in [2.24, 2.45) is 5.73 Å². The molecule has 3 N–H and O–H groups in total. The molecule has 0 saturated heterocycles. The lowest BCUT2D eigenvalue weighted by molar-refractivity contribution is 0.249. The van der Waals surface area contributed by atoms with Crippen molar-refractivity contribution >= 4 is 5.69 Å². The zero-order chi connectivity index (χ0) is 11.7. The maximum absolute atomic E-state index is 9.17. The van der Waals surface area contributed by atoms with Gasteiger partial charge in [-0.2, -0.15) is 0 Å². The van der Waals surface area contributed by atoms with E-state index in [1.807, 2.05) is 0 Å². The molecule has 0 aromatic heterocycles. The Morgan fingerprint density at radius 2 is 2.31 bits per heavy atom. The van der Waals surface area contributed by atoms with Gasteiger partial charge in [-0.25, -0.2) is 0 Å². The quantitative estimate of drug-likeness (QED) is 0.796. The molecule has 88 valence electrons. The van der Waals surface area contributed by atoms with Crippen LogP contribution in [0.25, 0.3) is 0 Å². The molecule has 0 fully saturated rings. The van der Waals surface area contributed by atoms with Gasteiger partial charge < -0.3 is 15.7 Å². The fourth-order valence-electron chi connectivity index (χ4n) is 2.64. The number of aryl methyl sites for hydroxylation is 1. The van der Waals surface area contributed by atoms with Crippen LogP contribution in [0, 0.1) is 0 Å². The van der Waals surface area contributed by atoms with E-state index in [0.29, 0.717) is 0 Å². The highest BCUT2D eigenvalue weighted by Crippen LogP contribution is 2.35. The van der Waals surface area contributed by atoms with Crippen LogP contribution in [-0.4, -0.2) is 30.8 Å². The van der Waals surface area contributed by atoms with E-state index in [9.17, 15) is 0 Å². The first kappa shape index (κ1) is 11.4. The van der Waals surface area contributed by atoms with Crippen molar-refractivity contribution in [2.75, 3.05) is 18.6 Å². The van der Waals surface area contributed by atoms with Gasteiger partial charge in [0.2, 0.25) is 0 Å². The number of likely N-dealkylation sites (N-methyl/N-ethyl adjacent to an activating group) is 1. The first-order valence-corrected chi connectivity index (χ1v) is 5.89. The summed E-state index contributed by atoms with van der Waals surface area (Å²) < 4.78 is 0. The van der Waals surface area contributed by atoms with E-state index in [1.54, 1.807) is 0 Å². The predicted molar refractivity (Wildman–Crippen MR) is 66.8 cm³/mol. The molecule has 3 heteroatoms. The van der Waals surface area contributed by atoms with Gasteiger partial charge in [-0.05, 0) is 24.0 Å². The Balaban J connectivity index is 2.34. The molecule has 2 rings (SSSR count). The number of para-hydroxylation sites is 1. The second kappa shape index (κ2) is 4.44. The van der Waals surface area contributed by atoms with E-state index in [0.717, 1.165) is 12.8 Å². The highest BCUT2D eigenvalue weighted by Gasteiger charge is 2.31. The molecule has 0 saturated carbocycles. The summed E-state index contributed by atoms with van der Waals surface area (Å²) in [6.07, 6.45) is 1.98. The number of aliphatic hydroxyl groups excluding tert-OH is 1. The normalized spacial score (nSPS) is 21.0. The van der Waals surface area contributed by atoms with Crippen LogP contribution in [0.2, 0.25) is 0 Å². The predicted octanol–water partition coefficient (Wildman–Crippen LogP) is 0.929. The lowest BCUT2D eigenvalue weighted by atomic mass is 10.0. The van der Waals surface area contributed by atoms with Crippen LogP contribution in [0.5, 0.6) is 0 Å². The van der Waals surface area contributed by atoms with Crippen molar-refractivity contribution in [1.29, 1.82) is 0 Å². The van der Waals surface area contributed by atoms with E-state index in [4.69, 9.17) is 10.8 Å². The average molecular weight is 220 g/mol. The monoisotopic (exact) mass is 220 g/mol. The Hall–Kier alpha value is -1.06. The van der Waals surface area contributed by atoms with Crippen molar-refractivity contribution in [3.05, 3.63) is 29.3 Å². The third kappa shape index (κ3) is 1.70. The number of hydrogen-bond donors (Lipinski definition) is 2. The maximum Gasteiger partial charge on any atom is 0.0602 e. The standard InChI is InChI=1S/C13H20N2O/c1-3-9-5-4-6-10-7-12(11(14)8-16)15(2)13(9)10/h4-6,11-12,16H,3,7-8,14H2,1-2H3. The Morgan fingerprint density at radius 1 is 1.56 bits per heavy atom. The number of hydrogen-bond acceptors (Lipinski definition) is 3. The van der Waals surface area contributed by atoms with E-state index in [1.165, 1.54) is 16.8 Å². The van der Waals surface area contributed by atoms with Crippen molar-refractivity contribution in [1.82, 2.24) is 0 Å². The van der Waals surface area contributed by atoms with Gasteiger partial charge in [-0.3, -0.25) is 0 Å². The van der Waals surface area contributed by atoms with Crippen LogP contribution in [0.15, 0.2) is 18.2 Å². The van der Waals surface area contributed by atoms with Crippen LogP contribution in [0.4, 0.5) is 5.69 Å². The summed E-state index contributed by atoms with van der Waals surface area (Å²) in [5.41, 5.74) is 9.99. The summed E-state index contributed by atoms with van der Waals surface area (Å²) in [6.45, 7) is 2.22. The van der Waals surface area contributed by atoms with Gasteiger partial charge in [0, 0.05) is 18.8 Å². The highest BCUT2D eigenvalue weighted by atomic mass is 16.3. The summed E-state index contributed by atoms with van der Waals surface area (Å²) in [5.74, 6) is 0. The molecule has 0 bridgehead atoms. The summed E-state index contributed by atoms with van der Waals surface area (Å²) in [6, 6.07) is 6.50. The van der Waals surface area contributed by atoms with Crippen LogP contribution < -0.4 is 10.6 Å². The zero-order valence-electron chi connectivity index (χ0n) is 9.98. The van der Waals surface area contributed by atoms with E-state index >= 15 is 0 Å². The minimum Gasteiger partial charge on any atom is -0.395 e. The number of fused-ring (bicyclic) bond motifs is 1. The molecule has 1 aromatic carbocycles. The molecule has 0 amide bonds. The summed E-state index contributed by atoms with van der Waals surface area (Å²) in [5, 5.41) is 9.17. The molecule has 1 aliphatic rings.